The number of aryl methyl sites for hydroxylation is 1. The van der Waals surface area contributed by atoms with Crippen molar-refractivity contribution in [3.63, 3.8) is 0 Å². The molecule has 1 atom stereocenters. The zero-order valence-corrected chi connectivity index (χ0v) is 26.8. The Bertz CT molecular complexity index is 1360. The molecule has 0 unspecified atom stereocenters. The lowest BCUT2D eigenvalue weighted by molar-refractivity contribution is 0.270. The van der Waals surface area contributed by atoms with Gasteiger partial charge in [0, 0.05) is 38.8 Å². The van der Waals surface area contributed by atoms with Crippen LogP contribution in [-0.4, -0.2) is 66.4 Å². The summed E-state index contributed by atoms with van der Waals surface area (Å²) < 4.78 is 32.0. The molecule has 228 valence electrons. The topological polar surface area (TPSA) is 61.9 Å². The zero-order chi connectivity index (χ0) is 30.0. The summed E-state index contributed by atoms with van der Waals surface area (Å²) in [5.74, 6) is 1.06. The van der Waals surface area contributed by atoms with Crippen LogP contribution in [0.1, 0.15) is 67.2 Å². The molecule has 0 fully saturated rings. The number of hydrogen-bond donors (Lipinski definition) is 1. The molecule has 0 amide bonds. The predicted octanol–water partition coefficient (Wildman–Crippen LogP) is 6.29. The standard InChI is InChI=1S/C35H49N3O3S/c1-5-22-38(24-21-36-2)23-7-6-9-28-11-13-29(14-12-28)27-41-32-18-15-30(16-19-32)33-10-8-25-42(39,40)35-20-17-31(37(3)4)26-34(33)35/h11-20,26,33,36H,5-10,21-25,27H2,1-4H3/t33-/m1/s1. The lowest BCUT2D eigenvalue weighted by Crippen LogP contribution is -2.32. The summed E-state index contributed by atoms with van der Waals surface area (Å²) in [5.41, 5.74) is 5.58. The molecular formula is C35H49N3O3S. The molecule has 1 aliphatic heterocycles. The van der Waals surface area contributed by atoms with Gasteiger partial charge in [0.1, 0.15) is 12.4 Å². The van der Waals surface area contributed by atoms with Crippen LogP contribution in [0.3, 0.4) is 0 Å². The molecule has 1 aliphatic rings. The fraction of sp³-hybridized carbons (Fsp3) is 0.486. The minimum absolute atomic E-state index is 0.0434. The van der Waals surface area contributed by atoms with Crippen molar-refractivity contribution in [2.24, 2.45) is 0 Å². The fourth-order valence-electron chi connectivity index (χ4n) is 5.81. The van der Waals surface area contributed by atoms with Crippen LogP contribution >= 0.6 is 0 Å². The van der Waals surface area contributed by atoms with Crippen LogP contribution in [0, 0.1) is 0 Å². The molecule has 42 heavy (non-hydrogen) atoms. The quantitative estimate of drug-likeness (QED) is 0.210. The lowest BCUT2D eigenvalue weighted by Gasteiger charge is -2.21. The largest absolute Gasteiger partial charge is 0.489 e. The molecule has 0 aliphatic carbocycles. The molecule has 3 aromatic rings. The van der Waals surface area contributed by atoms with Gasteiger partial charge in [-0.25, -0.2) is 8.42 Å². The Morgan fingerprint density at radius 3 is 2.33 bits per heavy atom. The van der Waals surface area contributed by atoms with E-state index in [0.29, 0.717) is 17.9 Å². The maximum atomic E-state index is 13.0. The first-order chi connectivity index (χ1) is 20.3. The number of anilines is 1. The van der Waals surface area contributed by atoms with Gasteiger partial charge in [0.15, 0.2) is 9.84 Å². The van der Waals surface area contributed by atoms with Gasteiger partial charge in [0.2, 0.25) is 0 Å². The molecule has 0 saturated carbocycles. The second-order valence-electron chi connectivity index (χ2n) is 11.7. The molecule has 7 heteroatoms. The van der Waals surface area contributed by atoms with Crippen LogP contribution in [0.15, 0.2) is 71.6 Å². The van der Waals surface area contributed by atoms with Gasteiger partial charge in [-0.3, -0.25) is 0 Å². The summed E-state index contributed by atoms with van der Waals surface area (Å²) in [5, 5.41) is 3.26. The van der Waals surface area contributed by atoms with E-state index in [1.165, 1.54) is 37.9 Å². The smallest absolute Gasteiger partial charge is 0.178 e. The van der Waals surface area contributed by atoms with Gasteiger partial charge in [-0.05, 0) is 111 Å². The van der Waals surface area contributed by atoms with Crippen LogP contribution in [0.5, 0.6) is 5.75 Å². The summed E-state index contributed by atoms with van der Waals surface area (Å²) in [6, 6.07) is 22.7. The first-order valence-electron chi connectivity index (χ1n) is 15.5. The Hall–Kier alpha value is -2.87. The molecule has 1 N–H and O–H groups in total. The Morgan fingerprint density at radius 1 is 0.905 bits per heavy atom. The number of sulfone groups is 1. The number of benzene rings is 3. The first kappa shape index (κ1) is 32.1. The van der Waals surface area contributed by atoms with E-state index in [-0.39, 0.29) is 11.7 Å². The Labute approximate surface area is 254 Å². The molecule has 0 aromatic heterocycles. The van der Waals surface area contributed by atoms with Gasteiger partial charge in [-0.15, -0.1) is 0 Å². The maximum Gasteiger partial charge on any atom is 0.178 e. The van der Waals surface area contributed by atoms with E-state index in [9.17, 15) is 8.42 Å². The van der Waals surface area contributed by atoms with E-state index >= 15 is 0 Å². The van der Waals surface area contributed by atoms with Gasteiger partial charge >= 0.3 is 0 Å². The van der Waals surface area contributed by atoms with E-state index in [1.54, 1.807) is 6.07 Å². The minimum atomic E-state index is -3.28. The molecule has 3 aromatic carbocycles. The molecule has 0 bridgehead atoms. The number of ether oxygens (including phenoxy) is 1. The third kappa shape index (κ3) is 8.82. The van der Waals surface area contributed by atoms with Crippen molar-refractivity contribution in [3.8, 4) is 5.75 Å². The summed E-state index contributed by atoms with van der Waals surface area (Å²) in [6.07, 6.45) is 6.20. The highest BCUT2D eigenvalue weighted by molar-refractivity contribution is 7.91. The highest BCUT2D eigenvalue weighted by Gasteiger charge is 2.29. The van der Waals surface area contributed by atoms with Gasteiger partial charge in [0.25, 0.3) is 0 Å². The van der Waals surface area contributed by atoms with Gasteiger partial charge in [0.05, 0.1) is 10.6 Å². The zero-order valence-electron chi connectivity index (χ0n) is 25.9. The fourth-order valence-corrected chi connectivity index (χ4v) is 7.41. The number of hydrogen-bond acceptors (Lipinski definition) is 6. The van der Waals surface area contributed by atoms with Gasteiger partial charge < -0.3 is 19.9 Å². The Balaban J connectivity index is 1.31. The molecule has 4 rings (SSSR count). The van der Waals surface area contributed by atoms with Crippen molar-refractivity contribution < 1.29 is 13.2 Å². The van der Waals surface area contributed by atoms with Crippen LogP contribution in [0.2, 0.25) is 0 Å². The van der Waals surface area contributed by atoms with Gasteiger partial charge in [-0.1, -0.05) is 43.3 Å². The van der Waals surface area contributed by atoms with Crippen molar-refractivity contribution in [1.29, 1.82) is 0 Å². The van der Waals surface area contributed by atoms with Crippen molar-refractivity contribution >= 4 is 15.5 Å². The van der Waals surface area contributed by atoms with Crippen LogP contribution in [0.25, 0.3) is 0 Å². The normalized spacial score (nSPS) is 16.2. The number of likely N-dealkylation sites (N-methyl/N-ethyl adjacent to an activating group) is 1. The van der Waals surface area contributed by atoms with Crippen LogP contribution in [0.4, 0.5) is 5.69 Å². The maximum absolute atomic E-state index is 13.0. The molecule has 0 saturated heterocycles. The molecule has 0 spiro atoms. The average molecular weight is 592 g/mol. The second kappa shape index (κ2) is 15.6. The predicted molar refractivity (Wildman–Crippen MR) is 175 cm³/mol. The first-order valence-corrected chi connectivity index (χ1v) is 17.2. The highest BCUT2D eigenvalue weighted by Crippen LogP contribution is 2.39. The SMILES string of the molecule is CCCN(CCCCc1ccc(COc2ccc([C@H]3CCCS(=O)(=O)c4ccc(N(C)C)cc43)cc2)cc1)CCNC. The molecule has 1 heterocycles. The van der Waals surface area contributed by atoms with Gasteiger partial charge in [-0.2, -0.15) is 0 Å². The number of nitrogens with one attached hydrogen (secondary N) is 1. The van der Waals surface area contributed by atoms with Crippen LogP contribution < -0.4 is 15.0 Å². The monoisotopic (exact) mass is 591 g/mol. The Morgan fingerprint density at radius 2 is 1.64 bits per heavy atom. The number of nitrogens with zero attached hydrogens (tertiary/aromatic N) is 2. The molecule has 6 nitrogen and oxygen atoms in total. The van der Waals surface area contributed by atoms with E-state index in [2.05, 4.69) is 53.5 Å². The summed E-state index contributed by atoms with van der Waals surface area (Å²) in [6.45, 7) is 7.29. The summed E-state index contributed by atoms with van der Waals surface area (Å²) in [4.78, 5) is 5.05. The highest BCUT2D eigenvalue weighted by atomic mass is 32.2. The number of unbranched alkanes of at least 4 members (excludes halogenated alkanes) is 1. The average Bonchev–Trinajstić information content (AvgIpc) is 3.12. The molecular weight excluding hydrogens is 542 g/mol. The van der Waals surface area contributed by atoms with Crippen molar-refractivity contribution in [2.75, 3.05) is 58.0 Å². The van der Waals surface area contributed by atoms with E-state index in [4.69, 9.17) is 4.74 Å². The third-order valence-electron chi connectivity index (χ3n) is 8.24. The van der Waals surface area contributed by atoms with E-state index < -0.39 is 9.84 Å². The number of rotatable bonds is 15. The van der Waals surface area contributed by atoms with Crippen molar-refractivity contribution in [2.45, 2.75) is 62.9 Å². The molecule has 0 radical (unpaired) electrons. The minimum Gasteiger partial charge on any atom is -0.489 e. The van der Waals surface area contributed by atoms with E-state index in [1.807, 2.05) is 50.3 Å². The van der Waals surface area contributed by atoms with E-state index in [0.717, 1.165) is 54.1 Å². The second-order valence-corrected chi connectivity index (χ2v) is 13.8. The third-order valence-corrected chi connectivity index (χ3v) is 10.1. The summed E-state index contributed by atoms with van der Waals surface area (Å²) >= 11 is 0. The van der Waals surface area contributed by atoms with Crippen molar-refractivity contribution in [1.82, 2.24) is 10.2 Å². The van der Waals surface area contributed by atoms with Crippen LogP contribution in [-0.2, 0) is 22.9 Å². The lowest BCUT2D eigenvalue weighted by atomic mass is 9.87. The Kier molecular flexibility index (Phi) is 11.9. The van der Waals surface area contributed by atoms with Crippen molar-refractivity contribution in [3.05, 3.63) is 89.0 Å². The number of fused-ring (bicyclic) bond motifs is 1. The summed E-state index contributed by atoms with van der Waals surface area (Å²) in [7, 11) is 2.71.